The minimum Gasteiger partial charge on any atom is -0.493 e. The second kappa shape index (κ2) is 9.59. The molecule has 0 spiro atoms. The molecule has 0 atom stereocenters. The molecule has 0 saturated heterocycles. The predicted octanol–water partition coefficient (Wildman–Crippen LogP) is 2.71. The van der Waals surface area contributed by atoms with Gasteiger partial charge in [0.15, 0.2) is 11.5 Å². The van der Waals surface area contributed by atoms with Crippen LogP contribution in [0.25, 0.3) is 10.8 Å². The maximum atomic E-state index is 12.3. The van der Waals surface area contributed by atoms with Gasteiger partial charge in [0.1, 0.15) is 5.60 Å². The van der Waals surface area contributed by atoms with Gasteiger partial charge in [-0.3, -0.25) is 9.52 Å². The third kappa shape index (κ3) is 6.16. The number of nitrogens with one attached hydrogen (secondary N) is 3. The topological polar surface area (TPSA) is 149 Å². The number of aromatic amines is 1. The van der Waals surface area contributed by atoms with Gasteiger partial charge in [0.05, 0.1) is 31.0 Å². The molecule has 3 N–H and O–H groups in total. The lowest BCUT2D eigenvalue weighted by Crippen LogP contribution is -2.39. The molecule has 0 saturated carbocycles. The number of fused-ring (bicyclic) bond motifs is 1. The first-order chi connectivity index (χ1) is 15.9. The number of hydrogen-bond acceptors (Lipinski definition) is 8. The Labute approximate surface area is 196 Å². The van der Waals surface area contributed by atoms with Crippen molar-refractivity contribution in [3.63, 3.8) is 0 Å². The van der Waals surface area contributed by atoms with Crippen molar-refractivity contribution in [3.05, 3.63) is 58.0 Å². The van der Waals surface area contributed by atoms with E-state index < -0.39 is 21.9 Å². The zero-order valence-corrected chi connectivity index (χ0v) is 20.2. The Bertz CT molecular complexity index is 1360. The summed E-state index contributed by atoms with van der Waals surface area (Å²) >= 11 is 0. The molecule has 0 unspecified atom stereocenters. The molecule has 182 valence electrons. The zero-order valence-electron chi connectivity index (χ0n) is 19.4. The molecule has 0 aliphatic heterocycles. The molecular weight excluding hydrogens is 464 g/mol. The van der Waals surface area contributed by atoms with E-state index >= 15 is 0 Å². The fourth-order valence-corrected chi connectivity index (χ4v) is 3.91. The van der Waals surface area contributed by atoms with Crippen LogP contribution in [0.3, 0.4) is 0 Å². The lowest BCUT2D eigenvalue weighted by atomic mass is 10.0. The van der Waals surface area contributed by atoms with Gasteiger partial charge in [-0.15, -0.1) is 0 Å². The van der Waals surface area contributed by atoms with Gasteiger partial charge in [-0.05, 0) is 50.6 Å². The van der Waals surface area contributed by atoms with Gasteiger partial charge in [0, 0.05) is 11.8 Å². The molecule has 12 heteroatoms. The molecule has 0 radical (unpaired) electrons. The molecule has 0 aliphatic rings. The lowest BCUT2D eigenvalue weighted by Gasteiger charge is -2.19. The highest BCUT2D eigenvalue weighted by Gasteiger charge is 2.21. The molecular formula is C22H26N4O7S. The van der Waals surface area contributed by atoms with Gasteiger partial charge in [0.2, 0.25) is 0 Å². The van der Waals surface area contributed by atoms with Gasteiger partial charge < -0.3 is 14.2 Å². The Balaban J connectivity index is 1.79. The van der Waals surface area contributed by atoms with E-state index in [9.17, 15) is 18.0 Å². The highest BCUT2D eigenvalue weighted by atomic mass is 32.2. The van der Waals surface area contributed by atoms with E-state index in [0.29, 0.717) is 34.4 Å². The standard InChI is InChI=1S/C22H26N4O7S/c1-22(2,3)33-21(28)26-34(29,30)25-14-8-6-13(7-9-14)10-17-15-11-18(31-4)19(32-5)12-16(15)20(27)24-23-17/h6-9,11-12,25H,10H2,1-5H3,(H,24,27)(H,26,28). The number of hydrogen-bond donors (Lipinski definition) is 3. The smallest absolute Gasteiger partial charge is 0.422 e. The number of methoxy groups -OCH3 is 2. The summed E-state index contributed by atoms with van der Waals surface area (Å²) in [5.41, 5.74) is 0.442. The summed E-state index contributed by atoms with van der Waals surface area (Å²) in [6.07, 6.45) is -0.730. The second-order valence-electron chi connectivity index (χ2n) is 8.34. The number of carbonyl (C=O) groups excluding carboxylic acids is 1. The summed E-state index contributed by atoms with van der Waals surface area (Å²) in [6.45, 7) is 4.87. The van der Waals surface area contributed by atoms with Gasteiger partial charge in [-0.1, -0.05) is 12.1 Å². The van der Waals surface area contributed by atoms with Crippen molar-refractivity contribution < 1.29 is 27.4 Å². The van der Waals surface area contributed by atoms with Crippen LogP contribution in [0.15, 0.2) is 41.2 Å². The highest BCUT2D eigenvalue weighted by Crippen LogP contribution is 2.32. The van der Waals surface area contributed by atoms with Gasteiger partial charge in [0.25, 0.3) is 5.56 Å². The van der Waals surface area contributed by atoms with Crippen molar-refractivity contribution in [2.45, 2.75) is 32.8 Å². The largest absolute Gasteiger partial charge is 0.493 e. The first kappa shape index (κ1) is 24.8. The van der Waals surface area contributed by atoms with Crippen LogP contribution < -0.4 is 24.5 Å². The average Bonchev–Trinajstić information content (AvgIpc) is 2.74. The van der Waals surface area contributed by atoms with E-state index in [1.165, 1.54) is 14.2 Å². The van der Waals surface area contributed by atoms with Crippen molar-refractivity contribution in [1.82, 2.24) is 14.9 Å². The first-order valence-corrected chi connectivity index (χ1v) is 11.6. The van der Waals surface area contributed by atoms with Crippen LogP contribution in [0, 0.1) is 0 Å². The van der Waals surface area contributed by atoms with Crippen molar-refractivity contribution in [2.75, 3.05) is 18.9 Å². The molecule has 1 aromatic heterocycles. The van der Waals surface area contributed by atoms with Crippen LogP contribution in [0.1, 0.15) is 32.0 Å². The molecule has 0 aliphatic carbocycles. The predicted molar refractivity (Wildman–Crippen MR) is 127 cm³/mol. The molecule has 2 aromatic carbocycles. The maximum Gasteiger partial charge on any atom is 0.422 e. The van der Waals surface area contributed by atoms with E-state index in [2.05, 4.69) is 14.9 Å². The number of nitrogens with zero attached hydrogens (tertiary/aromatic N) is 1. The van der Waals surface area contributed by atoms with Crippen molar-refractivity contribution >= 4 is 32.8 Å². The van der Waals surface area contributed by atoms with E-state index in [1.54, 1.807) is 61.9 Å². The van der Waals surface area contributed by atoms with Crippen molar-refractivity contribution in [2.24, 2.45) is 0 Å². The van der Waals surface area contributed by atoms with Gasteiger partial charge in [-0.2, -0.15) is 13.5 Å². The average molecular weight is 491 g/mol. The molecule has 0 fully saturated rings. The Hall–Kier alpha value is -3.80. The Kier molecular flexibility index (Phi) is 7.01. The lowest BCUT2D eigenvalue weighted by molar-refractivity contribution is 0.0570. The Morgan fingerprint density at radius 2 is 1.62 bits per heavy atom. The number of ether oxygens (including phenoxy) is 3. The zero-order chi connectivity index (χ0) is 25.1. The minimum absolute atomic E-state index is 0.241. The highest BCUT2D eigenvalue weighted by molar-refractivity contribution is 7.91. The van der Waals surface area contributed by atoms with Crippen LogP contribution in [-0.2, 0) is 21.4 Å². The van der Waals surface area contributed by atoms with Gasteiger partial charge >= 0.3 is 16.3 Å². The second-order valence-corrected chi connectivity index (χ2v) is 9.75. The first-order valence-electron chi connectivity index (χ1n) is 10.2. The molecule has 34 heavy (non-hydrogen) atoms. The van der Waals surface area contributed by atoms with E-state index in [-0.39, 0.29) is 11.2 Å². The minimum atomic E-state index is -4.18. The molecule has 11 nitrogen and oxygen atoms in total. The number of carbonyl (C=O) groups is 1. The summed E-state index contributed by atoms with van der Waals surface area (Å²) < 4.78 is 44.0. The van der Waals surface area contributed by atoms with E-state index in [4.69, 9.17) is 14.2 Å². The number of rotatable bonds is 7. The van der Waals surface area contributed by atoms with Crippen molar-refractivity contribution in [1.29, 1.82) is 0 Å². The molecule has 3 rings (SSSR count). The summed E-state index contributed by atoms with van der Waals surface area (Å²) in [5, 5.41) is 7.66. The van der Waals surface area contributed by atoms with Gasteiger partial charge in [-0.25, -0.2) is 14.6 Å². The Morgan fingerprint density at radius 3 is 2.18 bits per heavy atom. The van der Waals surface area contributed by atoms with Crippen LogP contribution >= 0.6 is 0 Å². The number of amides is 1. The fourth-order valence-electron chi connectivity index (χ4n) is 3.15. The fraction of sp³-hybridized carbons (Fsp3) is 0.318. The summed E-state index contributed by atoms with van der Waals surface area (Å²) in [5.74, 6) is 0.889. The number of benzene rings is 2. The molecule has 0 bridgehead atoms. The number of H-pyrrole nitrogens is 1. The summed E-state index contributed by atoms with van der Waals surface area (Å²) in [6, 6.07) is 9.77. The molecule has 1 amide bonds. The third-order valence-corrected chi connectivity index (χ3v) is 5.51. The Morgan fingerprint density at radius 1 is 1.03 bits per heavy atom. The third-order valence-electron chi connectivity index (χ3n) is 4.57. The van der Waals surface area contributed by atoms with Crippen LogP contribution in [0.5, 0.6) is 11.5 Å². The number of aromatic nitrogens is 2. The maximum absolute atomic E-state index is 12.3. The monoisotopic (exact) mass is 490 g/mol. The van der Waals surface area contributed by atoms with E-state index in [1.807, 2.05) is 0 Å². The quantitative estimate of drug-likeness (QED) is 0.458. The van der Waals surface area contributed by atoms with Crippen LogP contribution in [0.4, 0.5) is 10.5 Å². The number of anilines is 1. The van der Waals surface area contributed by atoms with E-state index in [0.717, 1.165) is 5.56 Å². The van der Waals surface area contributed by atoms with Crippen LogP contribution in [0.2, 0.25) is 0 Å². The van der Waals surface area contributed by atoms with Crippen LogP contribution in [-0.4, -0.2) is 44.5 Å². The molecule has 3 aromatic rings. The van der Waals surface area contributed by atoms with Crippen molar-refractivity contribution in [3.8, 4) is 11.5 Å². The molecule has 1 heterocycles. The normalized spacial score (nSPS) is 11.7. The SMILES string of the molecule is COc1cc2c(Cc3ccc(NS(=O)(=O)NC(=O)OC(C)(C)C)cc3)n[nH]c(=O)c2cc1OC. The summed E-state index contributed by atoms with van der Waals surface area (Å²) in [7, 11) is -1.19. The summed E-state index contributed by atoms with van der Waals surface area (Å²) in [4.78, 5) is 24.0.